The van der Waals surface area contributed by atoms with Crippen LogP contribution in [0.5, 0.6) is 5.75 Å². The van der Waals surface area contributed by atoms with Gasteiger partial charge in [0.05, 0.1) is 11.9 Å². The van der Waals surface area contributed by atoms with E-state index in [9.17, 15) is 9.59 Å². The van der Waals surface area contributed by atoms with Gasteiger partial charge < -0.3 is 15.4 Å². The number of amides is 2. The van der Waals surface area contributed by atoms with Crippen LogP contribution in [0.15, 0.2) is 42.6 Å². The van der Waals surface area contributed by atoms with E-state index in [0.717, 1.165) is 18.4 Å². The number of benzene rings is 1. The Morgan fingerprint density at radius 2 is 1.96 bits per heavy atom. The monoisotopic (exact) mass is 353 g/mol. The minimum atomic E-state index is -0.592. The number of carbonyl (C=O) groups is 2. The van der Waals surface area contributed by atoms with Crippen molar-refractivity contribution >= 4 is 23.3 Å². The van der Waals surface area contributed by atoms with Gasteiger partial charge in [-0.1, -0.05) is 25.1 Å². The van der Waals surface area contributed by atoms with Crippen molar-refractivity contribution in [1.29, 1.82) is 0 Å². The van der Waals surface area contributed by atoms with Crippen LogP contribution in [0.1, 0.15) is 31.7 Å². The van der Waals surface area contributed by atoms with Gasteiger partial charge in [0.2, 0.25) is 5.91 Å². The molecule has 2 amide bonds. The first kappa shape index (κ1) is 17.9. The normalized spacial score (nSPS) is 14.4. The summed E-state index contributed by atoms with van der Waals surface area (Å²) in [6, 6.07) is 11.0. The third-order valence-corrected chi connectivity index (χ3v) is 4.26. The van der Waals surface area contributed by atoms with Gasteiger partial charge in [-0.2, -0.15) is 0 Å². The Balaban J connectivity index is 1.58. The van der Waals surface area contributed by atoms with Crippen LogP contribution in [-0.4, -0.2) is 22.9 Å². The average Bonchev–Trinajstić information content (AvgIpc) is 3.48. The lowest BCUT2D eigenvalue weighted by Crippen LogP contribution is -2.32. The molecule has 2 N–H and O–H groups in total. The van der Waals surface area contributed by atoms with E-state index in [1.54, 1.807) is 12.1 Å². The lowest BCUT2D eigenvalue weighted by atomic mass is 10.2. The number of aryl methyl sites for hydroxylation is 1. The van der Waals surface area contributed by atoms with Gasteiger partial charge in [0.25, 0.3) is 5.91 Å². The minimum absolute atomic E-state index is 0.00645. The molecule has 0 saturated heterocycles. The van der Waals surface area contributed by atoms with E-state index < -0.39 is 6.10 Å². The van der Waals surface area contributed by atoms with Crippen molar-refractivity contribution in [3.05, 3.63) is 48.2 Å². The maximum atomic E-state index is 12.5. The molecule has 3 rings (SSSR count). The van der Waals surface area contributed by atoms with Crippen LogP contribution in [-0.2, 0) is 9.59 Å². The van der Waals surface area contributed by atoms with Crippen molar-refractivity contribution in [2.45, 2.75) is 39.2 Å². The zero-order chi connectivity index (χ0) is 18.5. The van der Waals surface area contributed by atoms with E-state index in [-0.39, 0.29) is 17.7 Å². The second-order valence-corrected chi connectivity index (χ2v) is 6.47. The molecule has 1 heterocycles. The second kappa shape index (κ2) is 7.99. The molecule has 1 fully saturated rings. The van der Waals surface area contributed by atoms with Gasteiger partial charge in [-0.3, -0.25) is 9.59 Å². The Morgan fingerprint density at radius 1 is 1.19 bits per heavy atom. The Kier molecular flexibility index (Phi) is 5.51. The van der Waals surface area contributed by atoms with Crippen molar-refractivity contribution in [1.82, 2.24) is 4.98 Å². The molecule has 1 aromatic heterocycles. The summed E-state index contributed by atoms with van der Waals surface area (Å²) in [5.41, 5.74) is 1.54. The van der Waals surface area contributed by atoms with Gasteiger partial charge in [0.1, 0.15) is 11.6 Å². The molecule has 6 nitrogen and oxygen atoms in total. The number of anilines is 2. The maximum Gasteiger partial charge on any atom is 0.265 e. The molecule has 2 aromatic rings. The number of carbonyl (C=O) groups excluding carboxylic acids is 2. The molecule has 1 saturated carbocycles. The van der Waals surface area contributed by atoms with Crippen LogP contribution >= 0.6 is 0 Å². The number of ether oxygens (including phenoxy) is 1. The summed E-state index contributed by atoms with van der Waals surface area (Å²) < 4.78 is 5.85. The highest BCUT2D eigenvalue weighted by Crippen LogP contribution is 2.30. The van der Waals surface area contributed by atoms with E-state index in [1.165, 1.54) is 6.20 Å². The molecule has 1 aliphatic rings. The molecule has 0 radical (unpaired) electrons. The Morgan fingerprint density at radius 3 is 2.58 bits per heavy atom. The Bertz CT molecular complexity index is 785. The predicted molar refractivity (Wildman–Crippen MR) is 100 cm³/mol. The van der Waals surface area contributed by atoms with Gasteiger partial charge in [0, 0.05) is 5.92 Å². The van der Waals surface area contributed by atoms with Crippen molar-refractivity contribution in [3.63, 3.8) is 0 Å². The smallest absolute Gasteiger partial charge is 0.265 e. The molecule has 1 aliphatic carbocycles. The fourth-order valence-electron chi connectivity index (χ4n) is 2.50. The van der Waals surface area contributed by atoms with Gasteiger partial charge >= 0.3 is 0 Å². The zero-order valence-corrected chi connectivity index (χ0v) is 15.0. The summed E-state index contributed by atoms with van der Waals surface area (Å²) in [7, 11) is 0. The maximum absolute atomic E-state index is 12.5. The van der Waals surface area contributed by atoms with Crippen LogP contribution in [0.25, 0.3) is 0 Å². The summed E-state index contributed by atoms with van der Waals surface area (Å²) in [6.07, 6.45) is 3.37. The zero-order valence-electron chi connectivity index (χ0n) is 15.0. The molecule has 1 aromatic carbocycles. The number of hydrogen-bond donors (Lipinski definition) is 2. The minimum Gasteiger partial charge on any atom is -0.480 e. The SMILES string of the molecule is CC[C@H](Oc1ccccc1C)C(=O)Nc1ccc(NC(=O)C2CC2)nc1. The summed E-state index contributed by atoms with van der Waals surface area (Å²) in [5, 5.41) is 5.58. The van der Waals surface area contributed by atoms with Crippen LogP contribution in [0.2, 0.25) is 0 Å². The first-order valence-electron chi connectivity index (χ1n) is 8.87. The highest BCUT2D eigenvalue weighted by atomic mass is 16.5. The first-order chi connectivity index (χ1) is 12.6. The van der Waals surface area contributed by atoms with Crippen LogP contribution in [0.3, 0.4) is 0 Å². The van der Waals surface area contributed by atoms with Crippen molar-refractivity contribution in [2.24, 2.45) is 5.92 Å². The number of nitrogens with one attached hydrogen (secondary N) is 2. The molecule has 0 spiro atoms. The predicted octanol–water partition coefficient (Wildman–Crippen LogP) is 3.53. The highest BCUT2D eigenvalue weighted by Gasteiger charge is 2.29. The quantitative estimate of drug-likeness (QED) is 0.798. The van der Waals surface area contributed by atoms with Gasteiger partial charge in [-0.25, -0.2) is 4.98 Å². The van der Waals surface area contributed by atoms with E-state index >= 15 is 0 Å². The van der Waals surface area contributed by atoms with E-state index in [4.69, 9.17) is 4.74 Å². The number of nitrogens with zero attached hydrogens (tertiary/aromatic N) is 1. The van der Waals surface area contributed by atoms with Crippen molar-refractivity contribution in [2.75, 3.05) is 10.6 Å². The summed E-state index contributed by atoms with van der Waals surface area (Å²) in [6.45, 7) is 3.84. The third kappa shape index (κ3) is 4.59. The van der Waals surface area contributed by atoms with E-state index in [2.05, 4.69) is 15.6 Å². The largest absolute Gasteiger partial charge is 0.480 e. The van der Waals surface area contributed by atoms with E-state index in [0.29, 0.717) is 23.7 Å². The molecule has 1 atom stereocenters. The second-order valence-electron chi connectivity index (χ2n) is 6.47. The molecular formula is C20H23N3O3. The number of pyridine rings is 1. The molecule has 136 valence electrons. The Hall–Kier alpha value is -2.89. The molecule has 26 heavy (non-hydrogen) atoms. The topological polar surface area (TPSA) is 80.3 Å². The molecular weight excluding hydrogens is 330 g/mol. The van der Waals surface area contributed by atoms with Gasteiger partial charge in [-0.15, -0.1) is 0 Å². The van der Waals surface area contributed by atoms with Crippen LogP contribution < -0.4 is 15.4 Å². The lowest BCUT2D eigenvalue weighted by Gasteiger charge is -2.18. The highest BCUT2D eigenvalue weighted by molar-refractivity contribution is 5.95. The fourth-order valence-corrected chi connectivity index (χ4v) is 2.50. The molecule has 0 aliphatic heterocycles. The van der Waals surface area contributed by atoms with Gasteiger partial charge in [-0.05, 0) is 49.9 Å². The van der Waals surface area contributed by atoms with Crippen LogP contribution in [0, 0.1) is 12.8 Å². The average molecular weight is 353 g/mol. The fraction of sp³-hybridized carbons (Fsp3) is 0.350. The van der Waals surface area contributed by atoms with E-state index in [1.807, 2.05) is 38.1 Å². The number of rotatable bonds is 7. The number of aromatic nitrogens is 1. The molecule has 6 heteroatoms. The Labute approximate surface area is 153 Å². The number of hydrogen-bond acceptors (Lipinski definition) is 4. The summed E-state index contributed by atoms with van der Waals surface area (Å²) in [4.78, 5) is 28.4. The summed E-state index contributed by atoms with van der Waals surface area (Å²) >= 11 is 0. The lowest BCUT2D eigenvalue weighted by molar-refractivity contribution is -0.123. The first-order valence-corrected chi connectivity index (χ1v) is 8.87. The molecule has 0 bridgehead atoms. The third-order valence-electron chi connectivity index (χ3n) is 4.26. The standard InChI is InChI=1S/C20H23N3O3/c1-3-16(26-17-7-5-4-6-13(17)2)20(25)22-15-10-11-18(21-12-15)23-19(24)14-8-9-14/h4-7,10-12,14,16H,3,8-9H2,1-2H3,(H,22,25)(H,21,23,24)/t16-/m0/s1. The van der Waals surface area contributed by atoms with Crippen molar-refractivity contribution < 1.29 is 14.3 Å². The number of para-hydroxylation sites is 1. The molecule has 0 unspecified atom stereocenters. The van der Waals surface area contributed by atoms with Crippen LogP contribution in [0.4, 0.5) is 11.5 Å². The van der Waals surface area contributed by atoms with Crippen molar-refractivity contribution in [3.8, 4) is 5.75 Å². The summed E-state index contributed by atoms with van der Waals surface area (Å²) in [5.74, 6) is 1.09. The van der Waals surface area contributed by atoms with Gasteiger partial charge in [0.15, 0.2) is 6.10 Å².